The van der Waals surface area contributed by atoms with Gasteiger partial charge in [0, 0.05) is 100 Å². The number of hydrogen-bond donors (Lipinski definition) is 3. The maximum atomic E-state index is 15.9. The van der Waals surface area contributed by atoms with E-state index >= 15 is 8.78 Å². The number of hydrogen-bond acceptors (Lipinski definition) is 5. The fourth-order valence-electron chi connectivity index (χ4n) is 6.80. The van der Waals surface area contributed by atoms with E-state index in [1.54, 1.807) is 42.4 Å². The number of pyridine rings is 2. The molecule has 3 N–H and O–H groups in total. The van der Waals surface area contributed by atoms with Gasteiger partial charge in [-0.1, -0.05) is 42.5 Å². The summed E-state index contributed by atoms with van der Waals surface area (Å²) in [5, 5.41) is 6.94. The summed E-state index contributed by atoms with van der Waals surface area (Å²) in [6, 6.07) is 29.0. The van der Waals surface area contributed by atoms with E-state index in [1.807, 2.05) is 85.1 Å². The van der Waals surface area contributed by atoms with Crippen molar-refractivity contribution < 1.29 is 23.1 Å². The van der Waals surface area contributed by atoms with Crippen LogP contribution in [-0.4, -0.2) is 38.4 Å². The SMILES string of the molecule is COc1ccccc1-c1cn(-c2cc(F)c(F)c(-c3c[nH]c4ncc(-c5cccc(NC(C)=O)c5)cc34)c2)c2ncc(-c3cccc(NC(C)=O)c3)cc12. The van der Waals surface area contributed by atoms with Crippen LogP contribution in [0.1, 0.15) is 13.8 Å². The number of amides is 2. The first-order valence-electron chi connectivity index (χ1n) is 17.0. The molecular formula is C43H32F2N6O3. The van der Waals surface area contributed by atoms with Crippen molar-refractivity contribution in [3.8, 4) is 55.9 Å². The number of para-hydroxylation sites is 1. The van der Waals surface area contributed by atoms with Crippen LogP contribution in [0, 0.1) is 11.6 Å². The molecule has 0 aliphatic heterocycles. The lowest BCUT2D eigenvalue weighted by Gasteiger charge is -2.11. The molecule has 8 rings (SSSR count). The second-order valence-electron chi connectivity index (χ2n) is 12.8. The van der Waals surface area contributed by atoms with Crippen molar-refractivity contribution in [2.24, 2.45) is 0 Å². The molecule has 0 unspecified atom stereocenters. The van der Waals surface area contributed by atoms with Crippen molar-refractivity contribution in [1.29, 1.82) is 0 Å². The number of nitrogens with one attached hydrogen (secondary N) is 3. The van der Waals surface area contributed by atoms with Crippen LogP contribution in [0.15, 0.2) is 122 Å². The van der Waals surface area contributed by atoms with Gasteiger partial charge in [-0.2, -0.15) is 0 Å². The molecule has 0 saturated carbocycles. The summed E-state index contributed by atoms with van der Waals surface area (Å²) in [5.74, 6) is -1.78. The number of rotatable bonds is 8. The largest absolute Gasteiger partial charge is 0.496 e. The molecule has 4 aromatic heterocycles. The third-order valence-corrected chi connectivity index (χ3v) is 9.19. The maximum absolute atomic E-state index is 15.9. The number of benzene rings is 4. The van der Waals surface area contributed by atoms with E-state index in [0.29, 0.717) is 45.1 Å². The highest BCUT2D eigenvalue weighted by Gasteiger charge is 2.22. The van der Waals surface area contributed by atoms with E-state index < -0.39 is 11.6 Å². The number of anilines is 2. The average molecular weight is 719 g/mol. The van der Waals surface area contributed by atoms with Crippen LogP contribution in [0.4, 0.5) is 20.2 Å². The van der Waals surface area contributed by atoms with Gasteiger partial charge in [0.25, 0.3) is 0 Å². The molecule has 0 saturated heterocycles. The summed E-state index contributed by atoms with van der Waals surface area (Å²) in [4.78, 5) is 36.0. The lowest BCUT2D eigenvalue weighted by Crippen LogP contribution is -2.05. The molecule has 266 valence electrons. The molecule has 0 atom stereocenters. The Morgan fingerprint density at radius 1 is 0.685 bits per heavy atom. The Hall–Kier alpha value is -7.14. The topological polar surface area (TPSA) is 114 Å². The Kier molecular flexibility index (Phi) is 8.66. The van der Waals surface area contributed by atoms with E-state index in [4.69, 9.17) is 9.72 Å². The molecule has 0 aliphatic rings. The molecule has 0 aliphatic carbocycles. The zero-order chi connectivity index (χ0) is 37.5. The highest BCUT2D eigenvalue weighted by Crippen LogP contribution is 2.40. The molecule has 0 bridgehead atoms. The summed E-state index contributed by atoms with van der Waals surface area (Å²) < 4.78 is 39.1. The van der Waals surface area contributed by atoms with Gasteiger partial charge in [-0.05, 0) is 59.7 Å². The summed E-state index contributed by atoms with van der Waals surface area (Å²) in [6.07, 6.45) is 6.86. The number of H-pyrrole nitrogens is 1. The summed E-state index contributed by atoms with van der Waals surface area (Å²) in [5.41, 5.74) is 7.79. The number of carbonyl (C=O) groups excluding carboxylic acids is 2. The third-order valence-electron chi connectivity index (χ3n) is 9.19. The van der Waals surface area contributed by atoms with Crippen LogP contribution in [-0.2, 0) is 9.59 Å². The fraction of sp³-hybridized carbons (Fsp3) is 0.0698. The van der Waals surface area contributed by atoms with E-state index in [1.165, 1.54) is 13.8 Å². The fourth-order valence-corrected chi connectivity index (χ4v) is 6.80. The average Bonchev–Trinajstić information content (AvgIpc) is 3.77. The van der Waals surface area contributed by atoms with Gasteiger partial charge >= 0.3 is 0 Å². The van der Waals surface area contributed by atoms with Crippen LogP contribution in [0.25, 0.3) is 72.3 Å². The Bertz CT molecular complexity index is 2770. The number of aromatic amines is 1. The summed E-state index contributed by atoms with van der Waals surface area (Å²) >= 11 is 0. The molecule has 9 nitrogen and oxygen atoms in total. The molecule has 0 radical (unpaired) electrons. The predicted octanol–water partition coefficient (Wildman–Crippen LogP) is 9.77. The molecule has 0 fully saturated rings. The van der Waals surface area contributed by atoms with E-state index in [0.717, 1.165) is 44.8 Å². The van der Waals surface area contributed by atoms with Crippen LogP contribution in [0.5, 0.6) is 5.75 Å². The molecular weight excluding hydrogens is 687 g/mol. The first-order valence-corrected chi connectivity index (χ1v) is 17.0. The van der Waals surface area contributed by atoms with Crippen molar-refractivity contribution in [2.75, 3.05) is 17.7 Å². The monoisotopic (exact) mass is 718 g/mol. The van der Waals surface area contributed by atoms with Crippen LogP contribution in [0.3, 0.4) is 0 Å². The molecule has 54 heavy (non-hydrogen) atoms. The number of carbonyl (C=O) groups is 2. The second-order valence-corrected chi connectivity index (χ2v) is 12.8. The zero-order valence-electron chi connectivity index (χ0n) is 29.4. The standard InChI is InChI=1S/C43H32F2N6O3/c1-24(52)49-30-10-6-8-26(14-30)28-16-35-37(22-47-42(35)46-20-28)34-18-32(19-39(44)41(34)45)51-23-38(33-12-4-5-13-40(33)54-3)36-17-29(21-48-43(36)51)27-9-7-11-31(15-27)50-25(2)53/h4-23H,1-3H3,(H,46,47)(H,49,52)(H,50,53). The first-order chi connectivity index (χ1) is 26.2. The van der Waals surface area contributed by atoms with Crippen molar-refractivity contribution in [3.05, 3.63) is 133 Å². The van der Waals surface area contributed by atoms with Crippen molar-refractivity contribution in [2.45, 2.75) is 13.8 Å². The predicted molar refractivity (Wildman–Crippen MR) is 208 cm³/mol. The van der Waals surface area contributed by atoms with Gasteiger partial charge in [-0.3, -0.25) is 9.59 Å². The van der Waals surface area contributed by atoms with Gasteiger partial charge in [-0.15, -0.1) is 0 Å². The number of fused-ring (bicyclic) bond motifs is 2. The van der Waals surface area contributed by atoms with Gasteiger partial charge in [-0.25, -0.2) is 18.7 Å². The highest BCUT2D eigenvalue weighted by molar-refractivity contribution is 6.00. The number of methoxy groups -OCH3 is 1. The van der Waals surface area contributed by atoms with Crippen molar-refractivity contribution in [1.82, 2.24) is 19.5 Å². The zero-order valence-corrected chi connectivity index (χ0v) is 29.4. The van der Waals surface area contributed by atoms with Crippen LogP contribution < -0.4 is 15.4 Å². The van der Waals surface area contributed by atoms with Gasteiger partial charge in [0.1, 0.15) is 17.0 Å². The minimum Gasteiger partial charge on any atom is -0.496 e. The van der Waals surface area contributed by atoms with Crippen LogP contribution in [0.2, 0.25) is 0 Å². The minimum atomic E-state index is -1.03. The number of nitrogens with zero attached hydrogens (tertiary/aromatic N) is 3. The van der Waals surface area contributed by atoms with Gasteiger partial charge in [0.05, 0.1) is 12.8 Å². The Morgan fingerprint density at radius 3 is 2.00 bits per heavy atom. The van der Waals surface area contributed by atoms with Crippen molar-refractivity contribution in [3.63, 3.8) is 0 Å². The summed E-state index contributed by atoms with van der Waals surface area (Å²) in [6.45, 7) is 2.89. The molecule has 8 aromatic rings. The Balaban J connectivity index is 1.28. The number of halogens is 2. The first kappa shape index (κ1) is 34.0. The molecule has 11 heteroatoms. The smallest absolute Gasteiger partial charge is 0.221 e. The third kappa shape index (κ3) is 6.32. The van der Waals surface area contributed by atoms with Gasteiger partial charge in [0.15, 0.2) is 11.6 Å². The molecule has 2 amide bonds. The Morgan fingerprint density at radius 2 is 1.33 bits per heavy atom. The van der Waals surface area contributed by atoms with Gasteiger partial charge < -0.3 is 24.9 Å². The maximum Gasteiger partial charge on any atom is 0.221 e. The van der Waals surface area contributed by atoms with Gasteiger partial charge in [0.2, 0.25) is 11.8 Å². The van der Waals surface area contributed by atoms with E-state index in [-0.39, 0.29) is 17.4 Å². The number of aromatic nitrogens is 4. The Labute approximate surface area is 308 Å². The second kappa shape index (κ2) is 13.8. The van der Waals surface area contributed by atoms with E-state index in [2.05, 4.69) is 20.6 Å². The van der Waals surface area contributed by atoms with Crippen LogP contribution >= 0.6 is 0 Å². The molecule has 4 heterocycles. The quantitative estimate of drug-likeness (QED) is 0.145. The minimum absolute atomic E-state index is 0.0364. The van der Waals surface area contributed by atoms with Crippen molar-refractivity contribution >= 4 is 45.3 Å². The highest BCUT2D eigenvalue weighted by atomic mass is 19.2. The molecule has 0 spiro atoms. The summed E-state index contributed by atoms with van der Waals surface area (Å²) in [7, 11) is 1.60. The number of ether oxygens (including phenoxy) is 1. The lowest BCUT2D eigenvalue weighted by molar-refractivity contribution is -0.115. The normalized spacial score (nSPS) is 11.2. The molecule has 4 aromatic carbocycles. The lowest BCUT2D eigenvalue weighted by atomic mass is 10.0. The van der Waals surface area contributed by atoms with E-state index in [9.17, 15) is 9.59 Å².